The van der Waals surface area contributed by atoms with Crippen LogP contribution in [0, 0.1) is 0 Å². The van der Waals surface area contributed by atoms with Crippen LogP contribution in [0.1, 0.15) is 48.0 Å². The molecule has 36 heavy (non-hydrogen) atoms. The normalized spacial score (nSPS) is 12.2. The van der Waals surface area contributed by atoms with Crippen LogP contribution in [-0.4, -0.2) is 45.4 Å². The number of nitrogens with one attached hydrogen (secondary N) is 2. The maximum Gasteiger partial charge on any atom is 0.224 e. The van der Waals surface area contributed by atoms with Crippen LogP contribution in [0.4, 0.5) is 0 Å². The SMILES string of the molecule is COc1ccc(CNC(=O)Cc2cccc(CC(C)(C)NCC(O)c3ccc(O)c(CO)n3)c2)cc1. The van der Waals surface area contributed by atoms with Crippen molar-refractivity contribution in [3.63, 3.8) is 0 Å². The standard InChI is InChI=1S/C28H35N3O5/c1-28(2,30-17-26(34)23-11-12-25(33)24(18-32)31-23)15-21-6-4-5-20(13-21)14-27(35)29-16-19-7-9-22(36-3)10-8-19/h4-13,26,30,32-34H,14-18H2,1-3H3,(H,29,35). The maximum atomic E-state index is 12.5. The van der Waals surface area contributed by atoms with Crippen molar-refractivity contribution in [3.8, 4) is 11.5 Å². The van der Waals surface area contributed by atoms with E-state index in [9.17, 15) is 20.1 Å². The Labute approximate surface area is 212 Å². The number of aliphatic hydroxyl groups excluding tert-OH is 2. The number of aromatic nitrogens is 1. The number of benzene rings is 2. The molecule has 3 aromatic rings. The fourth-order valence-electron chi connectivity index (χ4n) is 3.90. The number of rotatable bonds is 12. The molecule has 1 unspecified atom stereocenters. The van der Waals surface area contributed by atoms with Gasteiger partial charge in [-0.3, -0.25) is 4.79 Å². The van der Waals surface area contributed by atoms with Gasteiger partial charge in [0, 0.05) is 18.6 Å². The average molecular weight is 494 g/mol. The van der Waals surface area contributed by atoms with E-state index in [1.54, 1.807) is 7.11 Å². The summed E-state index contributed by atoms with van der Waals surface area (Å²) in [7, 11) is 1.62. The molecule has 0 spiro atoms. The first-order chi connectivity index (χ1) is 17.2. The van der Waals surface area contributed by atoms with Gasteiger partial charge >= 0.3 is 0 Å². The summed E-state index contributed by atoms with van der Waals surface area (Å²) in [6.07, 6.45) is 0.0817. The zero-order chi connectivity index (χ0) is 26.1. The smallest absolute Gasteiger partial charge is 0.224 e. The van der Waals surface area contributed by atoms with Gasteiger partial charge in [0.15, 0.2) is 0 Å². The van der Waals surface area contributed by atoms with Gasteiger partial charge in [-0.1, -0.05) is 36.4 Å². The van der Waals surface area contributed by atoms with Crippen LogP contribution in [-0.2, 0) is 30.8 Å². The van der Waals surface area contributed by atoms with Gasteiger partial charge in [0.05, 0.1) is 25.8 Å². The highest BCUT2D eigenvalue weighted by Gasteiger charge is 2.21. The van der Waals surface area contributed by atoms with Gasteiger partial charge in [-0.05, 0) is 61.2 Å². The van der Waals surface area contributed by atoms with E-state index < -0.39 is 12.7 Å². The molecule has 0 radical (unpaired) electrons. The lowest BCUT2D eigenvalue weighted by molar-refractivity contribution is -0.120. The first kappa shape index (κ1) is 27.1. The van der Waals surface area contributed by atoms with Gasteiger partial charge in [-0.25, -0.2) is 4.98 Å². The van der Waals surface area contributed by atoms with Crippen molar-refractivity contribution in [1.29, 1.82) is 0 Å². The van der Waals surface area contributed by atoms with E-state index in [1.165, 1.54) is 12.1 Å². The number of β-amino-alcohol motifs (C(OH)–C–C–N with tert-alkyl or cyclic N) is 1. The molecule has 5 N–H and O–H groups in total. The number of ether oxygens (including phenoxy) is 1. The molecule has 3 rings (SSSR count). The minimum Gasteiger partial charge on any atom is -0.506 e. The van der Waals surface area contributed by atoms with Crippen LogP contribution in [0.2, 0.25) is 0 Å². The number of aliphatic hydroxyl groups is 2. The van der Waals surface area contributed by atoms with E-state index in [1.807, 2.05) is 62.4 Å². The molecular weight excluding hydrogens is 458 g/mol. The number of amides is 1. The summed E-state index contributed by atoms with van der Waals surface area (Å²) in [6.45, 7) is 4.39. The molecule has 1 aromatic heterocycles. The van der Waals surface area contributed by atoms with Crippen LogP contribution >= 0.6 is 0 Å². The summed E-state index contributed by atoms with van der Waals surface area (Å²) in [4.78, 5) is 16.6. The van der Waals surface area contributed by atoms with E-state index in [-0.39, 0.29) is 35.9 Å². The number of nitrogens with zero attached hydrogens (tertiary/aromatic N) is 1. The molecule has 0 saturated heterocycles. The Morgan fingerprint density at radius 3 is 2.47 bits per heavy atom. The third-order valence-electron chi connectivity index (χ3n) is 5.89. The fraction of sp³-hybridized carbons (Fsp3) is 0.357. The number of pyridine rings is 1. The van der Waals surface area contributed by atoms with Crippen molar-refractivity contribution in [1.82, 2.24) is 15.6 Å². The van der Waals surface area contributed by atoms with E-state index >= 15 is 0 Å². The van der Waals surface area contributed by atoms with Gasteiger partial charge in [-0.15, -0.1) is 0 Å². The molecule has 0 aliphatic rings. The van der Waals surface area contributed by atoms with Crippen LogP contribution in [0.15, 0.2) is 60.7 Å². The van der Waals surface area contributed by atoms with Gasteiger partial charge < -0.3 is 30.7 Å². The number of carbonyl (C=O) groups is 1. The van der Waals surface area contributed by atoms with Crippen LogP contribution < -0.4 is 15.4 Å². The number of methoxy groups -OCH3 is 1. The minimum atomic E-state index is -0.893. The zero-order valence-corrected chi connectivity index (χ0v) is 21.0. The largest absolute Gasteiger partial charge is 0.506 e. The summed E-state index contributed by atoms with van der Waals surface area (Å²) in [5.74, 6) is 0.629. The molecule has 8 heteroatoms. The topological polar surface area (TPSA) is 124 Å². The van der Waals surface area contributed by atoms with E-state index in [0.29, 0.717) is 18.7 Å². The van der Waals surface area contributed by atoms with Gasteiger partial charge in [0.2, 0.25) is 5.91 Å². The predicted molar refractivity (Wildman–Crippen MR) is 138 cm³/mol. The van der Waals surface area contributed by atoms with Crippen molar-refractivity contribution in [2.45, 2.75) is 51.5 Å². The van der Waals surface area contributed by atoms with Crippen molar-refractivity contribution >= 4 is 5.91 Å². The van der Waals surface area contributed by atoms with Gasteiger partial charge in [-0.2, -0.15) is 0 Å². The Balaban J connectivity index is 1.51. The summed E-state index contributed by atoms with van der Waals surface area (Å²) in [5.41, 5.74) is 3.18. The molecule has 0 aliphatic heterocycles. The number of hydrogen-bond donors (Lipinski definition) is 5. The molecule has 0 saturated carbocycles. The molecule has 8 nitrogen and oxygen atoms in total. The van der Waals surface area contributed by atoms with E-state index in [4.69, 9.17) is 4.74 Å². The zero-order valence-electron chi connectivity index (χ0n) is 21.0. The van der Waals surface area contributed by atoms with E-state index in [2.05, 4.69) is 15.6 Å². The van der Waals surface area contributed by atoms with Crippen LogP contribution in [0.25, 0.3) is 0 Å². The fourth-order valence-corrected chi connectivity index (χ4v) is 3.90. The van der Waals surface area contributed by atoms with Crippen LogP contribution in [0.3, 0.4) is 0 Å². The third kappa shape index (κ3) is 8.05. The monoisotopic (exact) mass is 493 g/mol. The Kier molecular flexibility index (Phi) is 9.41. The predicted octanol–water partition coefficient (Wildman–Crippen LogP) is 2.79. The maximum absolute atomic E-state index is 12.5. The average Bonchev–Trinajstić information content (AvgIpc) is 2.86. The number of hydrogen-bond acceptors (Lipinski definition) is 7. The van der Waals surface area contributed by atoms with E-state index in [0.717, 1.165) is 22.4 Å². The second-order valence-corrected chi connectivity index (χ2v) is 9.44. The second kappa shape index (κ2) is 12.5. The van der Waals surface area contributed by atoms with Crippen molar-refractivity contribution in [2.75, 3.05) is 13.7 Å². The Morgan fingerprint density at radius 2 is 1.78 bits per heavy atom. The summed E-state index contributed by atoms with van der Waals surface area (Å²) < 4.78 is 5.16. The molecule has 1 atom stereocenters. The molecule has 1 heterocycles. The quantitative estimate of drug-likeness (QED) is 0.263. The summed E-state index contributed by atoms with van der Waals surface area (Å²) >= 11 is 0. The first-order valence-corrected chi connectivity index (χ1v) is 11.9. The highest BCUT2D eigenvalue weighted by atomic mass is 16.5. The molecule has 0 fully saturated rings. The molecular formula is C28H35N3O5. The van der Waals surface area contributed by atoms with Crippen molar-refractivity contribution < 1.29 is 24.9 Å². The lowest BCUT2D eigenvalue weighted by Gasteiger charge is -2.28. The van der Waals surface area contributed by atoms with Gasteiger partial charge in [0.25, 0.3) is 0 Å². The lowest BCUT2D eigenvalue weighted by atomic mass is 9.93. The summed E-state index contributed by atoms with van der Waals surface area (Å²) in [5, 5.41) is 35.8. The van der Waals surface area contributed by atoms with Gasteiger partial charge in [0.1, 0.15) is 23.3 Å². The number of carbonyl (C=O) groups excluding carboxylic acids is 1. The Morgan fingerprint density at radius 1 is 1.06 bits per heavy atom. The van der Waals surface area contributed by atoms with Crippen molar-refractivity contribution in [3.05, 3.63) is 88.7 Å². The third-order valence-corrected chi connectivity index (χ3v) is 5.89. The number of aromatic hydroxyl groups is 1. The Bertz CT molecular complexity index is 1150. The van der Waals surface area contributed by atoms with Crippen LogP contribution in [0.5, 0.6) is 11.5 Å². The molecule has 1 amide bonds. The first-order valence-electron chi connectivity index (χ1n) is 11.9. The molecule has 2 aromatic carbocycles. The molecule has 192 valence electrons. The highest BCUT2D eigenvalue weighted by molar-refractivity contribution is 5.78. The van der Waals surface area contributed by atoms with Crippen molar-refractivity contribution in [2.24, 2.45) is 0 Å². The molecule has 0 aliphatic carbocycles. The second-order valence-electron chi connectivity index (χ2n) is 9.44. The molecule has 0 bridgehead atoms. The summed E-state index contributed by atoms with van der Waals surface area (Å²) in [6, 6.07) is 18.5. The minimum absolute atomic E-state index is 0.0490. The Hall–Kier alpha value is -3.46. The lowest BCUT2D eigenvalue weighted by Crippen LogP contribution is -2.43. The highest BCUT2D eigenvalue weighted by Crippen LogP contribution is 2.20.